The highest BCUT2D eigenvalue weighted by Gasteiger charge is 2.42. The van der Waals surface area contributed by atoms with Crippen molar-refractivity contribution in [1.82, 2.24) is 20.0 Å². The highest BCUT2D eigenvalue weighted by Crippen LogP contribution is 2.33. The molecule has 1 aliphatic carbocycles. The topological polar surface area (TPSA) is 69.6 Å². The number of anilines is 1. The zero-order chi connectivity index (χ0) is 16.5. The van der Waals surface area contributed by atoms with Crippen LogP contribution in [0.4, 0.5) is 5.82 Å². The maximum atomic E-state index is 12.8. The van der Waals surface area contributed by atoms with Crippen molar-refractivity contribution in [2.45, 2.75) is 31.7 Å². The van der Waals surface area contributed by atoms with Gasteiger partial charge in [0.15, 0.2) is 5.82 Å². The molecule has 0 spiro atoms. The van der Waals surface area contributed by atoms with Crippen LogP contribution in [0.1, 0.15) is 25.7 Å². The highest BCUT2D eigenvalue weighted by atomic mass is 16.2. The van der Waals surface area contributed by atoms with Crippen molar-refractivity contribution in [1.29, 1.82) is 0 Å². The summed E-state index contributed by atoms with van der Waals surface area (Å²) >= 11 is 0. The van der Waals surface area contributed by atoms with Crippen molar-refractivity contribution in [3.05, 3.63) is 18.3 Å². The smallest absolute Gasteiger partial charge is 0.228 e. The molecule has 3 fully saturated rings. The third kappa shape index (κ3) is 3.07. The third-order valence-electron chi connectivity index (χ3n) is 5.19. The molecule has 1 aromatic heterocycles. The Morgan fingerprint density at radius 2 is 2.04 bits per heavy atom. The first-order valence-corrected chi connectivity index (χ1v) is 8.83. The number of carbonyl (C=O) groups excluding carboxylic acids is 2. The lowest BCUT2D eigenvalue weighted by molar-refractivity contribution is -0.135. The number of nitrogens with zero attached hydrogens (tertiary/aromatic N) is 5. The summed E-state index contributed by atoms with van der Waals surface area (Å²) in [5, 5.41) is 8.09. The first kappa shape index (κ1) is 15.4. The average molecular weight is 329 g/mol. The van der Waals surface area contributed by atoms with Gasteiger partial charge in [-0.15, -0.1) is 5.10 Å². The van der Waals surface area contributed by atoms with Gasteiger partial charge in [0.25, 0.3) is 0 Å². The minimum atomic E-state index is -0.152. The molecule has 2 saturated heterocycles. The van der Waals surface area contributed by atoms with Crippen LogP contribution in [0.3, 0.4) is 0 Å². The molecule has 2 amide bonds. The Morgan fingerprint density at radius 3 is 2.79 bits per heavy atom. The number of likely N-dealkylation sites (tertiary alicyclic amines) is 1. The quantitative estimate of drug-likeness (QED) is 0.809. The Morgan fingerprint density at radius 1 is 1.17 bits per heavy atom. The summed E-state index contributed by atoms with van der Waals surface area (Å²) in [7, 11) is 0. The maximum absolute atomic E-state index is 12.8. The van der Waals surface area contributed by atoms with Gasteiger partial charge in [0.1, 0.15) is 0 Å². The summed E-state index contributed by atoms with van der Waals surface area (Å²) in [6, 6.07) is 4.24. The highest BCUT2D eigenvalue weighted by molar-refractivity contribution is 5.89. The zero-order valence-electron chi connectivity index (χ0n) is 13.8. The molecule has 3 heterocycles. The van der Waals surface area contributed by atoms with Gasteiger partial charge in [0.2, 0.25) is 11.8 Å². The average Bonchev–Trinajstić information content (AvgIpc) is 3.41. The van der Waals surface area contributed by atoms with E-state index in [2.05, 4.69) is 15.1 Å². The Balaban J connectivity index is 1.37. The van der Waals surface area contributed by atoms with E-state index in [9.17, 15) is 9.59 Å². The monoisotopic (exact) mass is 329 g/mol. The molecular formula is C17H23N5O2. The number of aromatic nitrogens is 2. The van der Waals surface area contributed by atoms with Crippen LogP contribution in [-0.2, 0) is 9.59 Å². The van der Waals surface area contributed by atoms with E-state index in [1.54, 1.807) is 6.20 Å². The molecule has 0 bridgehead atoms. The van der Waals surface area contributed by atoms with E-state index in [1.807, 2.05) is 21.9 Å². The zero-order valence-corrected chi connectivity index (χ0v) is 13.8. The van der Waals surface area contributed by atoms with Crippen LogP contribution in [0.5, 0.6) is 0 Å². The minimum Gasteiger partial charge on any atom is -0.353 e. The molecule has 0 unspecified atom stereocenters. The van der Waals surface area contributed by atoms with E-state index in [0.29, 0.717) is 25.6 Å². The second kappa shape index (κ2) is 6.37. The largest absolute Gasteiger partial charge is 0.353 e. The Bertz CT molecular complexity index is 619. The van der Waals surface area contributed by atoms with Crippen molar-refractivity contribution < 1.29 is 9.59 Å². The summed E-state index contributed by atoms with van der Waals surface area (Å²) in [5.41, 5.74) is 0. The normalized spacial score (nSPS) is 25.1. The second-order valence-electron chi connectivity index (χ2n) is 6.93. The predicted octanol–water partition coefficient (Wildman–Crippen LogP) is 0.526. The van der Waals surface area contributed by atoms with Gasteiger partial charge in [-0.05, 0) is 31.4 Å². The van der Waals surface area contributed by atoms with E-state index >= 15 is 0 Å². The maximum Gasteiger partial charge on any atom is 0.228 e. The summed E-state index contributed by atoms with van der Waals surface area (Å²) in [4.78, 5) is 31.0. The molecule has 24 heavy (non-hydrogen) atoms. The molecule has 4 rings (SSSR count). The lowest BCUT2D eigenvalue weighted by atomic mass is 10.1. The number of amides is 2. The van der Waals surface area contributed by atoms with E-state index in [1.165, 1.54) is 0 Å². The Labute approximate surface area is 141 Å². The van der Waals surface area contributed by atoms with Gasteiger partial charge in [-0.2, -0.15) is 5.10 Å². The van der Waals surface area contributed by atoms with Gasteiger partial charge in [-0.1, -0.05) is 0 Å². The fourth-order valence-corrected chi connectivity index (χ4v) is 3.72. The molecule has 1 saturated carbocycles. The van der Waals surface area contributed by atoms with Crippen molar-refractivity contribution in [2.75, 3.05) is 37.6 Å². The summed E-state index contributed by atoms with van der Waals surface area (Å²) in [5.74, 6) is 1.02. The van der Waals surface area contributed by atoms with E-state index in [4.69, 9.17) is 0 Å². The van der Waals surface area contributed by atoms with E-state index < -0.39 is 0 Å². The minimum absolute atomic E-state index is 0.146. The van der Waals surface area contributed by atoms with Gasteiger partial charge in [0, 0.05) is 51.4 Å². The Hall–Kier alpha value is -2.18. The number of hydrogen-bond donors (Lipinski definition) is 0. The molecule has 128 valence electrons. The summed E-state index contributed by atoms with van der Waals surface area (Å²) in [6.45, 7) is 3.69. The number of rotatable bonds is 3. The molecule has 0 aromatic carbocycles. The van der Waals surface area contributed by atoms with Crippen molar-refractivity contribution in [3.8, 4) is 0 Å². The van der Waals surface area contributed by atoms with Gasteiger partial charge >= 0.3 is 0 Å². The van der Waals surface area contributed by atoms with Crippen LogP contribution in [0.2, 0.25) is 0 Å². The lowest BCUT2D eigenvalue weighted by Crippen LogP contribution is -2.40. The van der Waals surface area contributed by atoms with E-state index in [0.717, 1.165) is 44.7 Å². The van der Waals surface area contributed by atoms with Crippen molar-refractivity contribution in [2.24, 2.45) is 5.92 Å². The molecule has 2 aliphatic heterocycles. The fraction of sp³-hybridized carbons (Fsp3) is 0.647. The van der Waals surface area contributed by atoms with Gasteiger partial charge in [0.05, 0.1) is 5.92 Å². The van der Waals surface area contributed by atoms with Gasteiger partial charge < -0.3 is 14.7 Å². The first-order chi connectivity index (χ1) is 11.7. The van der Waals surface area contributed by atoms with Crippen molar-refractivity contribution >= 4 is 17.6 Å². The van der Waals surface area contributed by atoms with Crippen LogP contribution in [0.15, 0.2) is 18.3 Å². The summed E-state index contributed by atoms with van der Waals surface area (Å²) < 4.78 is 0. The Kier molecular flexibility index (Phi) is 4.08. The standard InChI is InChI=1S/C17H23N5O2/c23-16-11-13(12-22(16)14-4-5-14)17(24)21-8-2-7-20(9-10-21)15-3-1-6-18-19-15/h1,3,6,13-14H,2,4-5,7-12H2/t13-/m1/s1. The van der Waals surface area contributed by atoms with Crippen LogP contribution in [0.25, 0.3) is 0 Å². The van der Waals surface area contributed by atoms with Gasteiger partial charge in [-0.25, -0.2) is 0 Å². The third-order valence-corrected chi connectivity index (χ3v) is 5.19. The molecular weight excluding hydrogens is 306 g/mol. The van der Waals surface area contributed by atoms with Crippen molar-refractivity contribution in [3.63, 3.8) is 0 Å². The second-order valence-corrected chi connectivity index (χ2v) is 6.93. The van der Waals surface area contributed by atoms with Gasteiger partial charge in [-0.3, -0.25) is 9.59 Å². The van der Waals surface area contributed by atoms with Crippen LogP contribution < -0.4 is 4.90 Å². The molecule has 0 N–H and O–H groups in total. The lowest BCUT2D eigenvalue weighted by Gasteiger charge is -2.24. The fourth-order valence-electron chi connectivity index (χ4n) is 3.72. The molecule has 0 radical (unpaired) electrons. The predicted molar refractivity (Wildman–Crippen MR) is 88.3 cm³/mol. The summed E-state index contributed by atoms with van der Waals surface area (Å²) in [6.07, 6.45) is 5.17. The number of hydrogen-bond acceptors (Lipinski definition) is 5. The number of carbonyl (C=O) groups is 2. The molecule has 1 aromatic rings. The first-order valence-electron chi connectivity index (χ1n) is 8.83. The van der Waals surface area contributed by atoms with E-state index in [-0.39, 0.29) is 17.7 Å². The molecule has 1 atom stereocenters. The molecule has 7 nitrogen and oxygen atoms in total. The van der Waals surface area contributed by atoms with Crippen LogP contribution >= 0.6 is 0 Å². The SMILES string of the molecule is O=C([C@@H]1CC(=O)N(C2CC2)C1)N1CCCN(c2cccnn2)CC1. The molecule has 3 aliphatic rings. The van der Waals surface area contributed by atoms with Crippen LogP contribution in [-0.4, -0.2) is 70.6 Å². The molecule has 7 heteroatoms. The van der Waals surface area contributed by atoms with Crippen LogP contribution in [0, 0.1) is 5.92 Å².